The molecule has 0 unspecified atom stereocenters. The average Bonchev–Trinajstić information content (AvgIpc) is 3.73. The van der Waals surface area contributed by atoms with Gasteiger partial charge in [0, 0.05) is 86.9 Å². The number of carbonyl (C=O) groups is 2. The first-order valence-electron chi connectivity index (χ1n) is 15.5. The second-order valence-electron chi connectivity index (χ2n) is 12.7. The molecule has 1 aromatic carbocycles. The number of amides is 3. The van der Waals surface area contributed by atoms with Crippen LogP contribution in [-0.2, 0) is 16.8 Å². The Morgan fingerprint density at radius 1 is 0.886 bits per heavy atom. The van der Waals surface area contributed by atoms with E-state index >= 15 is 0 Å². The van der Waals surface area contributed by atoms with Gasteiger partial charge < -0.3 is 24.1 Å². The largest absolute Gasteiger partial charge is 0.370 e. The first-order valence-corrected chi connectivity index (χ1v) is 15.5. The van der Waals surface area contributed by atoms with Crippen LogP contribution in [0.4, 0.5) is 16.3 Å². The smallest absolute Gasteiger partial charge is 0.325 e. The Hall–Kier alpha value is -4.67. The van der Waals surface area contributed by atoms with Crippen LogP contribution in [0.1, 0.15) is 43.9 Å². The lowest BCUT2D eigenvalue weighted by molar-refractivity contribution is -0.132. The fourth-order valence-corrected chi connectivity index (χ4v) is 7.21. The number of benzene rings is 1. The predicted octanol–water partition coefficient (Wildman–Crippen LogP) is 3.35. The third-order valence-corrected chi connectivity index (χ3v) is 9.85. The van der Waals surface area contributed by atoms with Crippen molar-refractivity contribution in [1.82, 2.24) is 29.2 Å². The van der Waals surface area contributed by atoms with Gasteiger partial charge >= 0.3 is 6.03 Å². The number of nitrogens with zero attached hydrogens (tertiary/aromatic N) is 7. The van der Waals surface area contributed by atoms with Crippen molar-refractivity contribution in [3.63, 3.8) is 0 Å². The molecule has 11 nitrogen and oxygen atoms in total. The predicted molar refractivity (Wildman–Crippen MR) is 168 cm³/mol. The zero-order chi connectivity index (χ0) is 30.5. The molecule has 3 saturated heterocycles. The minimum absolute atomic E-state index is 0.0473. The maximum absolute atomic E-state index is 13.5. The molecule has 6 heterocycles. The molecule has 0 aliphatic carbocycles. The SMILES string of the molecule is Cc1cc(N2CC[C@](C)(c3ccccc3)C2)cc(=O)n1CCCN1C(=O)NC2(CCN(c3nccn4ccnc34)CC2)C1=O. The van der Waals surface area contributed by atoms with Crippen LogP contribution in [0, 0.1) is 6.92 Å². The number of carbonyl (C=O) groups excluding carboxylic acids is 2. The topological polar surface area (TPSA) is 108 Å². The van der Waals surface area contributed by atoms with Crippen molar-refractivity contribution in [3.05, 3.63) is 88.9 Å². The van der Waals surface area contributed by atoms with Crippen LogP contribution in [0.25, 0.3) is 5.65 Å². The fourth-order valence-electron chi connectivity index (χ4n) is 7.21. The van der Waals surface area contributed by atoms with Gasteiger partial charge in [0.1, 0.15) is 5.54 Å². The molecule has 3 amide bonds. The molecule has 228 valence electrons. The summed E-state index contributed by atoms with van der Waals surface area (Å²) in [4.78, 5) is 54.4. The Labute approximate surface area is 256 Å². The van der Waals surface area contributed by atoms with Crippen molar-refractivity contribution >= 4 is 29.1 Å². The Balaban J connectivity index is 0.967. The van der Waals surface area contributed by atoms with Crippen molar-refractivity contribution in [2.75, 3.05) is 42.5 Å². The number of piperidine rings is 1. The molecule has 11 heteroatoms. The Morgan fingerprint density at radius 2 is 1.61 bits per heavy atom. The minimum atomic E-state index is -0.896. The van der Waals surface area contributed by atoms with Gasteiger partial charge in [-0.2, -0.15) is 0 Å². The summed E-state index contributed by atoms with van der Waals surface area (Å²) in [5.41, 5.74) is 3.02. The van der Waals surface area contributed by atoms with Crippen LogP contribution < -0.4 is 20.7 Å². The van der Waals surface area contributed by atoms with Crippen LogP contribution in [0.2, 0.25) is 0 Å². The molecule has 1 N–H and O–H groups in total. The van der Waals surface area contributed by atoms with Gasteiger partial charge in [0.25, 0.3) is 11.5 Å². The van der Waals surface area contributed by atoms with E-state index in [9.17, 15) is 14.4 Å². The molecular weight excluding hydrogens is 556 g/mol. The zero-order valence-corrected chi connectivity index (χ0v) is 25.3. The number of anilines is 2. The molecule has 0 radical (unpaired) electrons. The highest BCUT2D eigenvalue weighted by Crippen LogP contribution is 2.36. The van der Waals surface area contributed by atoms with E-state index in [0.29, 0.717) is 38.9 Å². The summed E-state index contributed by atoms with van der Waals surface area (Å²) in [5.74, 6) is 0.604. The summed E-state index contributed by atoms with van der Waals surface area (Å²) in [6, 6.07) is 14.0. The molecular formula is C33H38N8O3. The van der Waals surface area contributed by atoms with Crippen molar-refractivity contribution < 1.29 is 9.59 Å². The van der Waals surface area contributed by atoms with Gasteiger partial charge in [-0.05, 0) is 44.2 Å². The maximum atomic E-state index is 13.5. The van der Waals surface area contributed by atoms with E-state index in [-0.39, 0.29) is 29.5 Å². The van der Waals surface area contributed by atoms with Crippen LogP contribution in [-0.4, -0.2) is 74.0 Å². The number of fused-ring (bicyclic) bond motifs is 1. The normalized spacial score (nSPS) is 21.5. The van der Waals surface area contributed by atoms with Gasteiger partial charge in [0.15, 0.2) is 11.5 Å². The number of rotatable bonds is 7. The lowest BCUT2D eigenvalue weighted by Crippen LogP contribution is -2.55. The first-order chi connectivity index (χ1) is 21.3. The molecule has 1 atom stereocenters. The highest BCUT2D eigenvalue weighted by atomic mass is 16.2. The first kappa shape index (κ1) is 28.1. The van der Waals surface area contributed by atoms with E-state index in [0.717, 1.165) is 42.4 Å². The van der Waals surface area contributed by atoms with Crippen LogP contribution in [0.15, 0.2) is 72.0 Å². The summed E-state index contributed by atoms with van der Waals surface area (Å²) in [5, 5.41) is 3.00. The number of hydrogen-bond donors (Lipinski definition) is 1. The lowest BCUT2D eigenvalue weighted by Gasteiger charge is -2.37. The van der Waals surface area contributed by atoms with Crippen molar-refractivity contribution in [2.45, 2.75) is 57.0 Å². The molecule has 3 aliphatic rings. The number of aryl methyl sites for hydroxylation is 1. The van der Waals surface area contributed by atoms with E-state index in [1.165, 1.54) is 10.5 Å². The molecule has 0 saturated carbocycles. The number of aromatic nitrogens is 4. The van der Waals surface area contributed by atoms with Crippen LogP contribution in [0.3, 0.4) is 0 Å². The molecule has 44 heavy (non-hydrogen) atoms. The molecule has 7 rings (SSSR count). The van der Waals surface area contributed by atoms with Gasteiger partial charge in [-0.25, -0.2) is 14.8 Å². The second kappa shape index (κ2) is 10.8. The number of imide groups is 1. The third kappa shape index (κ3) is 4.80. The molecule has 0 bridgehead atoms. The average molecular weight is 595 g/mol. The fraction of sp³-hybridized carbons (Fsp3) is 0.424. The number of imidazole rings is 1. The maximum Gasteiger partial charge on any atom is 0.325 e. The van der Waals surface area contributed by atoms with E-state index < -0.39 is 5.54 Å². The second-order valence-corrected chi connectivity index (χ2v) is 12.7. The number of hydrogen-bond acceptors (Lipinski definition) is 7. The number of urea groups is 1. The standard InChI is InChI=1S/C33H38N8O3/c1-24-21-26(39-16-9-32(2,23-39)25-7-4-3-5-8-25)22-27(42)40(24)14-6-15-41-30(43)33(36-31(41)44)10-17-37(18-11-33)28-29-35-13-20-38(29)19-12-34-28/h3-5,7-8,12-13,19-22H,6,9-11,14-18,23H2,1-2H3,(H,36,44)/t32-/m0/s1. The van der Waals surface area contributed by atoms with E-state index in [1.807, 2.05) is 29.8 Å². The number of nitrogens with one attached hydrogen (secondary N) is 1. The van der Waals surface area contributed by atoms with Gasteiger partial charge in [0.05, 0.1) is 0 Å². The molecule has 4 aromatic rings. The summed E-state index contributed by atoms with van der Waals surface area (Å²) in [6.45, 7) is 7.87. The Bertz CT molecular complexity index is 1770. The highest BCUT2D eigenvalue weighted by Gasteiger charge is 2.52. The quantitative estimate of drug-likeness (QED) is 0.327. The van der Waals surface area contributed by atoms with E-state index in [2.05, 4.69) is 62.3 Å². The van der Waals surface area contributed by atoms with Gasteiger partial charge in [0.2, 0.25) is 0 Å². The zero-order valence-electron chi connectivity index (χ0n) is 25.3. The monoisotopic (exact) mass is 594 g/mol. The summed E-state index contributed by atoms with van der Waals surface area (Å²) in [7, 11) is 0. The third-order valence-electron chi connectivity index (χ3n) is 9.85. The minimum Gasteiger partial charge on any atom is -0.370 e. The van der Waals surface area contributed by atoms with Crippen molar-refractivity contribution in [3.8, 4) is 0 Å². The summed E-state index contributed by atoms with van der Waals surface area (Å²) >= 11 is 0. The van der Waals surface area contributed by atoms with Gasteiger partial charge in [-0.15, -0.1) is 0 Å². The van der Waals surface area contributed by atoms with E-state index in [1.54, 1.807) is 23.0 Å². The Kier molecular flexibility index (Phi) is 6.90. The molecule has 3 fully saturated rings. The number of pyridine rings is 1. The van der Waals surface area contributed by atoms with Crippen molar-refractivity contribution in [2.24, 2.45) is 0 Å². The van der Waals surface area contributed by atoms with Crippen molar-refractivity contribution in [1.29, 1.82) is 0 Å². The van der Waals surface area contributed by atoms with Crippen LogP contribution in [0.5, 0.6) is 0 Å². The van der Waals surface area contributed by atoms with E-state index in [4.69, 9.17) is 0 Å². The lowest BCUT2D eigenvalue weighted by atomic mass is 9.82. The van der Waals surface area contributed by atoms with Gasteiger partial charge in [-0.3, -0.25) is 14.5 Å². The molecule has 1 spiro atoms. The highest BCUT2D eigenvalue weighted by molar-refractivity contribution is 6.07. The molecule has 3 aliphatic heterocycles. The summed E-state index contributed by atoms with van der Waals surface area (Å²) in [6.07, 6.45) is 9.74. The van der Waals surface area contributed by atoms with Gasteiger partial charge in [-0.1, -0.05) is 37.3 Å². The Morgan fingerprint density at radius 3 is 2.36 bits per heavy atom. The summed E-state index contributed by atoms with van der Waals surface area (Å²) < 4.78 is 3.66. The molecule has 3 aromatic heterocycles. The van der Waals surface area contributed by atoms with Crippen LogP contribution >= 0.6 is 0 Å².